The second-order valence-electron chi connectivity index (χ2n) is 3.29. The average molecular weight is 185 g/mol. The fraction of sp³-hybridized carbons (Fsp3) is 0.778. The first-order valence-corrected chi connectivity index (χ1v) is 4.86. The van der Waals surface area contributed by atoms with Crippen molar-refractivity contribution in [3.05, 3.63) is 11.7 Å². The first kappa shape index (κ1) is 12.5. The van der Waals surface area contributed by atoms with Crippen LogP contribution in [0.15, 0.2) is 11.7 Å². The zero-order valence-corrected chi connectivity index (χ0v) is 8.84. The first-order chi connectivity index (χ1) is 6.05. The van der Waals surface area contributed by atoms with E-state index in [1.54, 1.807) is 6.92 Å². The van der Waals surface area contributed by atoms with Crippen LogP contribution >= 0.6 is 0 Å². The van der Waals surface area contributed by atoms with Crippen molar-refractivity contribution in [3.8, 4) is 0 Å². The summed E-state index contributed by atoms with van der Waals surface area (Å²) in [6.45, 7) is 5.60. The van der Waals surface area contributed by atoms with E-state index in [4.69, 9.17) is 10.4 Å². The van der Waals surface area contributed by atoms with E-state index in [-0.39, 0.29) is 0 Å². The Morgan fingerprint density at radius 3 is 2.62 bits per heavy atom. The van der Waals surface area contributed by atoms with Crippen molar-refractivity contribution in [2.45, 2.75) is 45.8 Å². The summed E-state index contributed by atoms with van der Waals surface area (Å²) >= 11 is 0. The molecule has 0 rings (SSSR count). The SMILES string of the molecule is CCC/C=C(/BN)O[C@](C)(O)CC. The van der Waals surface area contributed by atoms with Crippen LogP contribution in [0.2, 0.25) is 0 Å². The molecule has 76 valence electrons. The zero-order chi connectivity index (χ0) is 10.3. The van der Waals surface area contributed by atoms with Gasteiger partial charge in [-0.1, -0.05) is 26.3 Å². The summed E-state index contributed by atoms with van der Waals surface area (Å²) in [4.78, 5) is 0. The summed E-state index contributed by atoms with van der Waals surface area (Å²) < 4.78 is 5.33. The van der Waals surface area contributed by atoms with Gasteiger partial charge in [-0.25, -0.2) is 0 Å². The van der Waals surface area contributed by atoms with Crippen LogP contribution in [0, 0.1) is 0 Å². The van der Waals surface area contributed by atoms with E-state index in [1.165, 1.54) is 0 Å². The van der Waals surface area contributed by atoms with Gasteiger partial charge in [-0.05, 0) is 6.42 Å². The second-order valence-corrected chi connectivity index (χ2v) is 3.29. The Bertz CT molecular complexity index is 169. The molecule has 0 bridgehead atoms. The van der Waals surface area contributed by atoms with Crippen molar-refractivity contribution in [2.75, 3.05) is 0 Å². The Morgan fingerprint density at radius 1 is 1.62 bits per heavy atom. The van der Waals surface area contributed by atoms with E-state index < -0.39 is 5.79 Å². The van der Waals surface area contributed by atoms with Gasteiger partial charge in [-0.15, -0.1) is 0 Å². The maximum absolute atomic E-state index is 9.61. The Hall–Kier alpha value is -0.475. The lowest BCUT2D eigenvalue weighted by molar-refractivity contribution is -0.157. The van der Waals surface area contributed by atoms with Crippen LogP contribution in [0.1, 0.15) is 40.0 Å². The smallest absolute Gasteiger partial charge is 0.278 e. The molecule has 0 aromatic rings. The van der Waals surface area contributed by atoms with E-state index in [9.17, 15) is 5.11 Å². The van der Waals surface area contributed by atoms with Crippen molar-refractivity contribution < 1.29 is 9.84 Å². The summed E-state index contributed by atoms with van der Waals surface area (Å²) in [5.41, 5.74) is 6.15. The molecule has 4 heteroatoms. The number of unbranched alkanes of at least 4 members (excludes halogenated alkanes) is 1. The minimum Gasteiger partial charge on any atom is -0.476 e. The average Bonchev–Trinajstić information content (AvgIpc) is 2.12. The molecule has 0 aromatic heterocycles. The van der Waals surface area contributed by atoms with E-state index in [1.807, 2.05) is 13.0 Å². The summed E-state index contributed by atoms with van der Waals surface area (Å²) in [5, 5.41) is 9.61. The van der Waals surface area contributed by atoms with Gasteiger partial charge in [0, 0.05) is 13.3 Å². The van der Waals surface area contributed by atoms with Crippen LogP contribution in [0.3, 0.4) is 0 Å². The topological polar surface area (TPSA) is 55.5 Å². The van der Waals surface area contributed by atoms with Gasteiger partial charge in [0.25, 0.3) is 7.41 Å². The number of allylic oxidation sites excluding steroid dienone is 1. The lowest BCUT2D eigenvalue weighted by Gasteiger charge is -2.24. The molecule has 0 fully saturated rings. The van der Waals surface area contributed by atoms with Gasteiger partial charge in [0.2, 0.25) is 5.79 Å². The van der Waals surface area contributed by atoms with Gasteiger partial charge in [0.1, 0.15) is 0 Å². The predicted octanol–water partition coefficient (Wildman–Crippen LogP) is 1.07. The third-order valence-electron chi connectivity index (χ3n) is 1.87. The number of rotatable bonds is 6. The monoisotopic (exact) mass is 185 g/mol. The lowest BCUT2D eigenvalue weighted by atomic mass is 9.92. The quantitative estimate of drug-likeness (QED) is 0.369. The number of hydrogen-bond donors (Lipinski definition) is 2. The molecule has 0 heterocycles. The maximum Gasteiger partial charge on any atom is 0.278 e. The molecule has 0 saturated carbocycles. The molecule has 3 nitrogen and oxygen atoms in total. The zero-order valence-electron chi connectivity index (χ0n) is 8.84. The first-order valence-electron chi connectivity index (χ1n) is 4.86. The minimum absolute atomic E-state index is 0.343. The molecule has 0 radical (unpaired) electrons. The Kier molecular flexibility index (Phi) is 5.83. The molecular formula is C9H20BNO2. The summed E-state index contributed by atoms with van der Waals surface area (Å²) in [6, 6.07) is 0. The molecular weight excluding hydrogens is 165 g/mol. The highest BCUT2D eigenvalue weighted by molar-refractivity contribution is 6.40. The van der Waals surface area contributed by atoms with Crippen molar-refractivity contribution in [1.29, 1.82) is 0 Å². The molecule has 0 amide bonds. The van der Waals surface area contributed by atoms with Crippen LogP contribution in [-0.2, 0) is 4.74 Å². The van der Waals surface area contributed by atoms with E-state index in [0.29, 0.717) is 19.5 Å². The molecule has 0 aliphatic rings. The Labute approximate surface area is 81.2 Å². The molecule has 0 saturated heterocycles. The third-order valence-corrected chi connectivity index (χ3v) is 1.87. The summed E-state index contributed by atoms with van der Waals surface area (Å²) in [5.74, 6) is -1.08. The fourth-order valence-corrected chi connectivity index (χ4v) is 0.827. The maximum atomic E-state index is 9.61. The highest BCUT2D eigenvalue weighted by Gasteiger charge is 2.19. The van der Waals surface area contributed by atoms with Crippen molar-refractivity contribution >= 4 is 7.41 Å². The molecule has 1 atom stereocenters. The molecule has 0 aromatic carbocycles. The molecule has 13 heavy (non-hydrogen) atoms. The van der Waals surface area contributed by atoms with Gasteiger partial charge in [0.15, 0.2) is 0 Å². The highest BCUT2D eigenvalue weighted by Crippen LogP contribution is 2.14. The van der Waals surface area contributed by atoms with Crippen LogP contribution in [0.4, 0.5) is 0 Å². The number of ether oxygens (including phenoxy) is 1. The van der Waals surface area contributed by atoms with E-state index >= 15 is 0 Å². The van der Waals surface area contributed by atoms with Gasteiger partial charge in [-0.3, -0.25) is 0 Å². The largest absolute Gasteiger partial charge is 0.476 e. The van der Waals surface area contributed by atoms with Crippen LogP contribution in [0.5, 0.6) is 0 Å². The molecule has 3 N–H and O–H groups in total. The van der Waals surface area contributed by atoms with Crippen molar-refractivity contribution in [3.63, 3.8) is 0 Å². The van der Waals surface area contributed by atoms with Gasteiger partial charge in [0.05, 0.1) is 5.66 Å². The summed E-state index contributed by atoms with van der Waals surface area (Å²) in [6.07, 6.45) is 4.48. The number of nitrogens with two attached hydrogens (primary N) is 1. The molecule has 0 aliphatic carbocycles. The highest BCUT2D eigenvalue weighted by atomic mass is 16.6. The van der Waals surface area contributed by atoms with Crippen molar-refractivity contribution in [2.24, 2.45) is 5.64 Å². The lowest BCUT2D eigenvalue weighted by Crippen LogP contribution is -2.29. The second kappa shape index (κ2) is 6.05. The normalized spacial score (nSPS) is 16.5. The number of hydrogen-bond acceptors (Lipinski definition) is 3. The Morgan fingerprint density at radius 2 is 2.23 bits per heavy atom. The van der Waals surface area contributed by atoms with Crippen LogP contribution in [-0.4, -0.2) is 18.3 Å². The summed E-state index contributed by atoms with van der Waals surface area (Å²) in [7, 11) is 0.343. The Balaban J connectivity index is 4.11. The van der Waals surface area contributed by atoms with Crippen molar-refractivity contribution in [1.82, 2.24) is 0 Å². The molecule has 0 aliphatic heterocycles. The molecule has 0 unspecified atom stereocenters. The minimum atomic E-state index is -1.08. The fourth-order valence-electron chi connectivity index (χ4n) is 0.827. The van der Waals surface area contributed by atoms with Gasteiger partial charge < -0.3 is 15.5 Å². The van der Waals surface area contributed by atoms with E-state index in [2.05, 4.69) is 6.92 Å². The van der Waals surface area contributed by atoms with Gasteiger partial charge >= 0.3 is 0 Å². The predicted molar refractivity (Wildman–Crippen MR) is 56.3 cm³/mol. The molecule has 0 spiro atoms. The third kappa shape index (κ3) is 5.72. The van der Waals surface area contributed by atoms with Crippen LogP contribution in [0.25, 0.3) is 0 Å². The van der Waals surface area contributed by atoms with Gasteiger partial charge in [-0.2, -0.15) is 0 Å². The van der Waals surface area contributed by atoms with Crippen LogP contribution < -0.4 is 5.64 Å². The van der Waals surface area contributed by atoms with E-state index in [0.717, 1.165) is 12.8 Å². The standard InChI is InChI=1S/C9H20BNO2/c1-4-6-7-8(10-11)13-9(3,12)5-2/h7,10,12H,4-6,11H2,1-3H3/b8-7-/t9-/m0/s1. The number of aliphatic hydroxyl groups is 1.